The summed E-state index contributed by atoms with van der Waals surface area (Å²) in [6.07, 6.45) is 1.35. The van der Waals surface area contributed by atoms with Gasteiger partial charge in [-0.05, 0) is 25.1 Å². The van der Waals surface area contributed by atoms with Gasteiger partial charge in [-0.25, -0.2) is 23.1 Å². The van der Waals surface area contributed by atoms with E-state index in [1.807, 2.05) is 0 Å². The van der Waals surface area contributed by atoms with Crippen molar-refractivity contribution < 1.29 is 13.3 Å². The number of non-ortho nitro benzene ring substituents is 1. The second-order valence-corrected chi connectivity index (χ2v) is 5.99. The molecule has 0 radical (unpaired) electrons. The number of nitrogens with one attached hydrogen (secondary N) is 1. The number of sulfonamides is 1. The van der Waals surface area contributed by atoms with Gasteiger partial charge in [0.25, 0.3) is 5.69 Å². The molecule has 0 fully saturated rings. The smallest absolute Gasteiger partial charge is 0.258 e. The third-order valence-electron chi connectivity index (χ3n) is 2.66. The van der Waals surface area contributed by atoms with Crippen molar-refractivity contribution in [2.45, 2.75) is 18.4 Å². The van der Waals surface area contributed by atoms with E-state index in [2.05, 4.69) is 14.7 Å². The van der Waals surface area contributed by atoms with Crippen LogP contribution in [0.25, 0.3) is 0 Å². The highest BCUT2D eigenvalue weighted by molar-refractivity contribution is 7.89. The summed E-state index contributed by atoms with van der Waals surface area (Å²) in [6, 6.07) is 6.32. The van der Waals surface area contributed by atoms with Gasteiger partial charge in [0.05, 0.1) is 22.1 Å². The molecule has 21 heavy (non-hydrogen) atoms. The molecule has 0 bridgehead atoms. The van der Waals surface area contributed by atoms with Gasteiger partial charge < -0.3 is 0 Å². The van der Waals surface area contributed by atoms with E-state index < -0.39 is 14.9 Å². The maximum absolute atomic E-state index is 12.0. The fourth-order valence-corrected chi connectivity index (χ4v) is 2.60. The molecular weight excluding hydrogens is 296 g/mol. The highest BCUT2D eigenvalue weighted by atomic mass is 32.2. The standard InChI is InChI=1S/C12H12N4O4S/c1-9-6-10(14-8-13-9)7-15-21(19,20)12-4-2-11(3-5-12)16(17)18/h2-6,8,15H,7H2,1H3. The summed E-state index contributed by atoms with van der Waals surface area (Å²) in [5, 5.41) is 10.5. The molecule has 1 heterocycles. The van der Waals surface area contributed by atoms with Gasteiger partial charge in [-0.2, -0.15) is 0 Å². The molecule has 0 aliphatic heterocycles. The minimum Gasteiger partial charge on any atom is -0.258 e. The molecule has 1 N–H and O–H groups in total. The molecule has 0 unspecified atom stereocenters. The van der Waals surface area contributed by atoms with Crippen LogP contribution in [0.3, 0.4) is 0 Å². The van der Waals surface area contributed by atoms with E-state index >= 15 is 0 Å². The Hall–Kier alpha value is -2.39. The first-order chi connectivity index (χ1) is 9.88. The van der Waals surface area contributed by atoms with Crippen molar-refractivity contribution in [3.8, 4) is 0 Å². The van der Waals surface area contributed by atoms with Gasteiger partial charge in [-0.15, -0.1) is 0 Å². The lowest BCUT2D eigenvalue weighted by molar-refractivity contribution is -0.384. The zero-order chi connectivity index (χ0) is 15.5. The Balaban J connectivity index is 2.13. The van der Waals surface area contributed by atoms with Gasteiger partial charge in [0.2, 0.25) is 10.0 Å². The number of aryl methyl sites for hydroxylation is 1. The molecule has 0 amide bonds. The average molecular weight is 308 g/mol. The predicted octanol–water partition coefficient (Wildman–Crippen LogP) is 1.17. The first-order valence-electron chi connectivity index (χ1n) is 5.90. The first-order valence-corrected chi connectivity index (χ1v) is 7.38. The first kappa shape index (κ1) is 15.0. The number of nitro groups is 1. The van der Waals surface area contributed by atoms with Gasteiger partial charge in [0.1, 0.15) is 6.33 Å². The van der Waals surface area contributed by atoms with Gasteiger partial charge >= 0.3 is 0 Å². The molecule has 1 aromatic heterocycles. The summed E-state index contributed by atoms with van der Waals surface area (Å²) >= 11 is 0. The van der Waals surface area contributed by atoms with Crippen molar-refractivity contribution in [2.24, 2.45) is 0 Å². The number of nitrogens with zero attached hydrogens (tertiary/aromatic N) is 3. The quantitative estimate of drug-likeness (QED) is 0.655. The number of rotatable bonds is 5. The molecule has 0 saturated carbocycles. The second kappa shape index (κ2) is 5.94. The topological polar surface area (TPSA) is 115 Å². The summed E-state index contributed by atoms with van der Waals surface area (Å²) in [7, 11) is -3.75. The van der Waals surface area contributed by atoms with Gasteiger partial charge in [0, 0.05) is 17.8 Å². The molecule has 0 aliphatic carbocycles. The van der Waals surface area contributed by atoms with Crippen molar-refractivity contribution in [1.29, 1.82) is 0 Å². The monoisotopic (exact) mass is 308 g/mol. The van der Waals surface area contributed by atoms with Crippen molar-refractivity contribution >= 4 is 15.7 Å². The van der Waals surface area contributed by atoms with Crippen LogP contribution in [0.15, 0.2) is 41.6 Å². The van der Waals surface area contributed by atoms with Crippen LogP contribution < -0.4 is 4.72 Å². The van der Waals surface area contributed by atoms with E-state index in [4.69, 9.17) is 0 Å². The van der Waals surface area contributed by atoms with E-state index in [1.54, 1.807) is 13.0 Å². The zero-order valence-corrected chi connectivity index (χ0v) is 11.9. The van der Waals surface area contributed by atoms with Crippen LogP contribution in [0.5, 0.6) is 0 Å². The Kier molecular flexibility index (Phi) is 4.24. The predicted molar refractivity (Wildman–Crippen MR) is 73.9 cm³/mol. The van der Waals surface area contributed by atoms with E-state index in [0.29, 0.717) is 5.69 Å². The molecule has 0 atom stereocenters. The summed E-state index contributed by atoms with van der Waals surface area (Å²) in [5.74, 6) is 0. The van der Waals surface area contributed by atoms with Crippen molar-refractivity contribution in [2.75, 3.05) is 0 Å². The summed E-state index contributed by atoms with van der Waals surface area (Å²) < 4.78 is 26.5. The third-order valence-corrected chi connectivity index (χ3v) is 4.08. The van der Waals surface area contributed by atoms with Crippen LogP contribution in [0, 0.1) is 17.0 Å². The number of nitro benzene ring substituents is 1. The minimum atomic E-state index is -3.75. The molecule has 0 aliphatic rings. The highest BCUT2D eigenvalue weighted by Crippen LogP contribution is 2.15. The molecular formula is C12H12N4O4S. The lowest BCUT2D eigenvalue weighted by atomic mass is 10.3. The normalized spacial score (nSPS) is 11.3. The van der Waals surface area contributed by atoms with E-state index in [-0.39, 0.29) is 17.1 Å². The number of hydrogen-bond acceptors (Lipinski definition) is 6. The Labute approximate surface area is 121 Å². The maximum Gasteiger partial charge on any atom is 0.269 e. The molecule has 2 rings (SSSR count). The molecule has 9 heteroatoms. The molecule has 8 nitrogen and oxygen atoms in total. The number of benzene rings is 1. The van der Waals surface area contributed by atoms with Crippen LogP contribution in [-0.4, -0.2) is 23.3 Å². The van der Waals surface area contributed by atoms with Crippen LogP contribution >= 0.6 is 0 Å². The van der Waals surface area contributed by atoms with Gasteiger partial charge in [-0.3, -0.25) is 10.1 Å². The summed E-state index contributed by atoms with van der Waals surface area (Å²) in [4.78, 5) is 17.8. The van der Waals surface area contributed by atoms with Crippen LogP contribution in [0.2, 0.25) is 0 Å². The Morgan fingerprint density at radius 1 is 1.24 bits per heavy atom. The maximum atomic E-state index is 12.0. The molecule has 110 valence electrons. The van der Waals surface area contributed by atoms with Gasteiger partial charge in [0.15, 0.2) is 0 Å². The second-order valence-electron chi connectivity index (χ2n) is 4.23. The van der Waals surface area contributed by atoms with Gasteiger partial charge in [-0.1, -0.05) is 0 Å². The molecule has 2 aromatic rings. The van der Waals surface area contributed by atoms with Crippen molar-refractivity contribution in [1.82, 2.24) is 14.7 Å². The average Bonchev–Trinajstić information content (AvgIpc) is 2.45. The largest absolute Gasteiger partial charge is 0.269 e. The lowest BCUT2D eigenvalue weighted by Gasteiger charge is -2.06. The molecule has 0 spiro atoms. The zero-order valence-electron chi connectivity index (χ0n) is 11.1. The Bertz CT molecular complexity index is 759. The van der Waals surface area contributed by atoms with E-state index in [1.165, 1.54) is 18.5 Å². The number of hydrogen-bond donors (Lipinski definition) is 1. The third kappa shape index (κ3) is 3.80. The fraction of sp³-hybridized carbons (Fsp3) is 0.167. The Morgan fingerprint density at radius 3 is 2.48 bits per heavy atom. The van der Waals surface area contributed by atoms with E-state index in [0.717, 1.165) is 17.8 Å². The van der Waals surface area contributed by atoms with Crippen molar-refractivity contribution in [3.05, 3.63) is 58.2 Å². The minimum absolute atomic E-state index is 0.0165. The van der Waals surface area contributed by atoms with Crippen molar-refractivity contribution in [3.63, 3.8) is 0 Å². The fourth-order valence-electron chi connectivity index (χ4n) is 1.61. The van der Waals surface area contributed by atoms with Crippen LogP contribution in [0.1, 0.15) is 11.4 Å². The summed E-state index contributed by atoms with van der Waals surface area (Å²) in [5.41, 5.74) is 1.10. The van der Waals surface area contributed by atoms with Crippen LogP contribution in [-0.2, 0) is 16.6 Å². The summed E-state index contributed by atoms with van der Waals surface area (Å²) in [6.45, 7) is 1.79. The van der Waals surface area contributed by atoms with Crippen LogP contribution in [0.4, 0.5) is 5.69 Å². The lowest BCUT2D eigenvalue weighted by Crippen LogP contribution is -2.23. The number of aromatic nitrogens is 2. The van der Waals surface area contributed by atoms with E-state index in [9.17, 15) is 18.5 Å². The SMILES string of the molecule is Cc1cc(CNS(=O)(=O)c2ccc([N+](=O)[O-])cc2)ncn1. The highest BCUT2D eigenvalue weighted by Gasteiger charge is 2.15. The Morgan fingerprint density at radius 2 is 1.90 bits per heavy atom. The molecule has 0 saturated heterocycles. The molecule has 1 aromatic carbocycles.